The molecule has 5 rings (SSSR count). The van der Waals surface area contributed by atoms with E-state index in [0.717, 1.165) is 16.7 Å². The summed E-state index contributed by atoms with van der Waals surface area (Å²) in [5, 5.41) is 2.96. The van der Waals surface area contributed by atoms with Crippen LogP contribution in [0.1, 0.15) is 29.7 Å². The van der Waals surface area contributed by atoms with Gasteiger partial charge in [-0.1, -0.05) is 29.8 Å². The fraction of sp³-hybridized carbons (Fsp3) is 0.296. The second-order valence-corrected chi connectivity index (χ2v) is 10.9. The first-order chi connectivity index (χ1) is 17.2. The van der Waals surface area contributed by atoms with Crippen molar-refractivity contribution in [1.82, 2.24) is 5.32 Å². The summed E-state index contributed by atoms with van der Waals surface area (Å²) in [5.74, 6) is 1.24. The summed E-state index contributed by atoms with van der Waals surface area (Å²) < 4.78 is 45.7. The summed E-state index contributed by atoms with van der Waals surface area (Å²) in [5.41, 5.74) is 3.10. The summed E-state index contributed by atoms with van der Waals surface area (Å²) in [6.07, 6.45) is -1.03. The molecule has 36 heavy (non-hydrogen) atoms. The molecule has 0 fully saturated rings. The Morgan fingerprint density at radius 2 is 1.61 bits per heavy atom. The summed E-state index contributed by atoms with van der Waals surface area (Å²) in [6, 6.07) is 17.1. The summed E-state index contributed by atoms with van der Waals surface area (Å²) in [4.78, 5) is 13.5. The van der Waals surface area contributed by atoms with Gasteiger partial charge in [-0.05, 0) is 68.3 Å². The normalized spacial score (nSPS) is 17.5. The van der Waals surface area contributed by atoms with Gasteiger partial charge in [-0.3, -0.25) is 9.10 Å². The summed E-state index contributed by atoms with van der Waals surface area (Å²) in [6.45, 7) is 6.46. The average molecular weight is 509 g/mol. The molecule has 0 unspecified atom stereocenters. The number of anilines is 1. The number of amides is 1. The molecule has 0 aromatic heterocycles. The highest BCUT2D eigenvalue weighted by Gasteiger charge is 2.38. The van der Waals surface area contributed by atoms with Gasteiger partial charge in [-0.25, -0.2) is 8.42 Å². The molecular formula is C27H28N2O6S. The average Bonchev–Trinajstić information content (AvgIpc) is 2.87. The number of benzene rings is 3. The van der Waals surface area contributed by atoms with Crippen LogP contribution in [-0.4, -0.2) is 40.2 Å². The van der Waals surface area contributed by atoms with E-state index in [4.69, 9.17) is 14.2 Å². The van der Waals surface area contributed by atoms with E-state index in [1.54, 1.807) is 36.4 Å². The van der Waals surface area contributed by atoms with Gasteiger partial charge in [-0.2, -0.15) is 0 Å². The number of carbonyl (C=O) groups excluding carboxylic acids is 1. The molecule has 3 aromatic carbocycles. The fourth-order valence-electron chi connectivity index (χ4n) is 4.28. The minimum atomic E-state index is -3.92. The topological polar surface area (TPSA) is 94.2 Å². The molecule has 3 aromatic rings. The predicted octanol–water partition coefficient (Wildman–Crippen LogP) is 3.91. The van der Waals surface area contributed by atoms with Crippen molar-refractivity contribution in [3.05, 3.63) is 77.4 Å². The van der Waals surface area contributed by atoms with E-state index >= 15 is 0 Å². The van der Waals surface area contributed by atoms with Crippen LogP contribution >= 0.6 is 0 Å². The van der Waals surface area contributed by atoms with Crippen molar-refractivity contribution in [2.45, 2.75) is 37.8 Å². The van der Waals surface area contributed by atoms with E-state index in [0.29, 0.717) is 36.1 Å². The number of sulfonamides is 1. The maximum Gasteiger partial charge on any atom is 0.264 e. The Hall–Kier alpha value is -3.72. The molecule has 2 aliphatic rings. The zero-order valence-electron chi connectivity index (χ0n) is 20.4. The highest BCUT2D eigenvalue weighted by molar-refractivity contribution is 7.92. The molecule has 188 valence electrons. The number of aryl methyl sites for hydroxylation is 2. The maximum atomic E-state index is 13.6. The first kappa shape index (κ1) is 24.0. The Kier molecular flexibility index (Phi) is 6.26. The third kappa shape index (κ3) is 4.58. The molecule has 9 heteroatoms. The minimum Gasteiger partial charge on any atom is -0.486 e. The van der Waals surface area contributed by atoms with Crippen molar-refractivity contribution >= 4 is 21.6 Å². The number of hydrogen-bond donors (Lipinski definition) is 1. The number of fused-ring (bicyclic) bond motifs is 2. The van der Waals surface area contributed by atoms with Gasteiger partial charge in [0.25, 0.3) is 15.9 Å². The number of ether oxygens (including phenoxy) is 3. The Balaban J connectivity index is 1.41. The smallest absolute Gasteiger partial charge is 0.264 e. The summed E-state index contributed by atoms with van der Waals surface area (Å²) >= 11 is 0. The monoisotopic (exact) mass is 508 g/mol. The molecule has 2 atom stereocenters. The van der Waals surface area contributed by atoms with Crippen LogP contribution in [0.5, 0.6) is 17.2 Å². The van der Waals surface area contributed by atoms with E-state index in [9.17, 15) is 13.2 Å². The molecule has 2 aliphatic heterocycles. The molecule has 0 aliphatic carbocycles. The van der Waals surface area contributed by atoms with Gasteiger partial charge in [0.1, 0.15) is 19.0 Å². The molecule has 0 saturated heterocycles. The third-order valence-corrected chi connectivity index (χ3v) is 8.11. The lowest BCUT2D eigenvalue weighted by Gasteiger charge is -2.35. The maximum absolute atomic E-state index is 13.6. The van der Waals surface area contributed by atoms with Gasteiger partial charge < -0.3 is 19.5 Å². The van der Waals surface area contributed by atoms with Gasteiger partial charge in [0.05, 0.1) is 23.2 Å². The first-order valence-corrected chi connectivity index (χ1v) is 13.2. The van der Waals surface area contributed by atoms with Crippen molar-refractivity contribution in [3.63, 3.8) is 0 Å². The Labute approximate surface area is 210 Å². The van der Waals surface area contributed by atoms with Gasteiger partial charge >= 0.3 is 0 Å². The largest absolute Gasteiger partial charge is 0.486 e. The van der Waals surface area contributed by atoms with Gasteiger partial charge in [0.2, 0.25) is 0 Å². The van der Waals surface area contributed by atoms with Crippen molar-refractivity contribution < 1.29 is 27.4 Å². The minimum absolute atomic E-state index is 0.147. The van der Waals surface area contributed by atoms with Crippen molar-refractivity contribution in [3.8, 4) is 17.2 Å². The SMILES string of the molecule is Cc1ccc(S(=O)(=O)N2C[C@@H](C(=O)N[C@H](C)c3ccc4c(c3)OCCO4)Oc3cc(C)ccc32)cc1. The van der Waals surface area contributed by atoms with Crippen LogP contribution in [0, 0.1) is 13.8 Å². The highest BCUT2D eigenvalue weighted by Crippen LogP contribution is 2.38. The van der Waals surface area contributed by atoms with E-state index in [-0.39, 0.29) is 17.5 Å². The number of hydrogen-bond acceptors (Lipinski definition) is 6. The Morgan fingerprint density at radius 1 is 0.917 bits per heavy atom. The van der Waals surface area contributed by atoms with E-state index in [2.05, 4.69) is 5.32 Å². The molecule has 1 N–H and O–H groups in total. The number of carbonyl (C=O) groups is 1. The Bertz CT molecular complexity index is 1400. The van der Waals surface area contributed by atoms with Crippen LogP contribution in [-0.2, 0) is 14.8 Å². The van der Waals surface area contributed by atoms with Crippen LogP contribution in [0.15, 0.2) is 65.6 Å². The van der Waals surface area contributed by atoms with E-state index in [1.807, 2.05) is 45.0 Å². The van der Waals surface area contributed by atoms with Crippen LogP contribution in [0.25, 0.3) is 0 Å². The second kappa shape index (κ2) is 9.39. The van der Waals surface area contributed by atoms with Crippen LogP contribution in [0.2, 0.25) is 0 Å². The molecule has 0 radical (unpaired) electrons. The molecule has 1 amide bonds. The van der Waals surface area contributed by atoms with Crippen LogP contribution in [0.4, 0.5) is 5.69 Å². The predicted molar refractivity (Wildman–Crippen MR) is 135 cm³/mol. The van der Waals surface area contributed by atoms with Gasteiger partial charge in [-0.15, -0.1) is 0 Å². The van der Waals surface area contributed by atoms with Gasteiger partial charge in [0, 0.05) is 0 Å². The number of rotatable bonds is 5. The van der Waals surface area contributed by atoms with Crippen molar-refractivity contribution in [2.24, 2.45) is 0 Å². The van der Waals surface area contributed by atoms with Crippen LogP contribution in [0.3, 0.4) is 0 Å². The molecule has 2 heterocycles. The standard InChI is InChI=1S/C27H28N2O6S/c1-17-4-8-21(9-5-17)36(31,32)29-16-26(35-24-14-18(2)6-10-22(24)29)27(30)28-19(3)20-7-11-23-25(15-20)34-13-12-33-23/h4-11,14-15,19,26H,12-13,16H2,1-3H3,(H,28,30)/t19-,26+/m1/s1. The summed E-state index contributed by atoms with van der Waals surface area (Å²) in [7, 11) is -3.92. The molecule has 0 spiro atoms. The lowest BCUT2D eigenvalue weighted by Crippen LogP contribution is -2.51. The van der Waals surface area contributed by atoms with Crippen molar-refractivity contribution in [2.75, 3.05) is 24.1 Å². The number of nitrogens with one attached hydrogen (secondary N) is 1. The lowest BCUT2D eigenvalue weighted by atomic mass is 10.1. The zero-order chi connectivity index (χ0) is 25.4. The third-order valence-electron chi connectivity index (χ3n) is 6.31. The second-order valence-electron chi connectivity index (χ2n) is 9.06. The number of nitrogens with zero attached hydrogens (tertiary/aromatic N) is 1. The quantitative estimate of drug-likeness (QED) is 0.562. The van der Waals surface area contributed by atoms with E-state index in [1.165, 1.54) is 4.31 Å². The highest BCUT2D eigenvalue weighted by atomic mass is 32.2. The zero-order valence-corrected chi connectivity index (χ0v) is 21.2. The van der Waals surface area contributed by atoms with Crippen LogP contribution < -0.4 is 23.8 Å². The van der Waals surface area contributed by atoms with Crippen molar-refractivity contribution in [1.29, 1.82) is 0 Å². The first-order valence-electron chi connectivity index (χ1n) is 11.8. The van der Waals surface area contributed by atoms with E-state index < -0.39 is 22.0 Å². The molecular weight excluding hydrogens is 480 g/mol. The molecule has 0 bridgehead atoms. The lowest BCUT2D eigenvalue weighted by molar-refractivity contribution is -0.128. The molecule has 8 nitrogen and oxygen atoms in total. The molecule has 0 saturated carbocycles. The Morgan fingerprint density at radius 3 is 2.36 bits per heavy atom. The fourth-order valence-corrected chi connectivity index (χ4v) is 5.76. The van der Waals surface area contributed by atoms with Gasteiger partial charge in [0.15, 0.2) is 17.6 Å².